The van der Waals surface area contributed by atoms with Gasteiger partial charge < -0.3 is 43.9 Å². The van der Waals surface area contributed by atoms with Crippen molar-refractivity contribution in [3.63, 3.8) is 0 Å². The van der Waals surface area contributed by atoms with Gasteiger partial charge >= 0.3 is 5.97 Å². The number of hydrogen-bond acceptors (Lipinski definition) is 13. The number of esters is 1. The molecule has 2 bridgehead atoms. The van der Waals surface area contributed by atoms with Gasteiger partial charge in [-0.2, -0.15) is 0 Å². The predicted octanol–water partition coefficient (Wildman–Crippen LogP) is 6.18. The van der Waals surface area contributed by atoms with Gasteiger partial charge in [0.15, 0.2) is 5.78 Å². The van der Waals surface area contributed by atoms with Crippen molar-refractivity contribution in [2.75, 3.05) is 27.9 Å². The van der Waals surface area contributed by atoms with Crippen LogP contribution in [-0.2, 0) is 47.7 Å². The summed E-state index contributed by atoms with van der Waals surface area (Å²) in [5.74, 6) is -7.96. The van der Waals surface area contributed by atoms with Gasteiger partial charge in [0.25, 0.3) is 11.7 Å². The number of allylic oxidation sites excluding steroid dienone is 6. The number of carbonyl (C=O) groups excluding carboxylic acids is 5. The standard InChI is InChI=1S/C51H79NO13/c1-30-16-12-11-13-17-31(2)42(61-8)28-38-21-19-36(7)51(60,65-38)48(57)49(58)52-23-15-14-18-39(52)50(59)64-43(33(4)26-37-20-22-40(53)44(27-37)62-9)29-41(54)32(3)25-35(6)46(56)47(63-10)45(55)34(5)24-30/h11-13,16-17,25,30,32-34,36-40,42-44,46-47,53,56,60H,14-15,18-24,26-29H2,1-10H3/b13-11+,16-12+,31-17+,35-25+/t30?,32-,33-,34-,36-,37+,38+,39+,40-,42?,43+,44-,46-,47+,51-/m1/s1. The molecular weight excluding hydrogens is 835 g/mol. The molecule has 3 fully saturated rings. The van der Waals surface area contributed by atoms with Crippen LogP contribution in [0.15, 0.2) is 47.6 Å². The van der Waals surface area contributed by atoms with Gasteiger partial charge in [-0.25, -0.2) is 4.79 Å². The van der Waals surface area contributed by atoms with Crippen LogP contribution in [0.5, 0.6) is 0 Å². The molecule has 65 heavy (non-hydrogen) atoms. The van der Waals surface area contributed by atoms with Crippen molar-refractivity contribution >= 4 is 29.2 Å². The Labute approximate surface area is 387 Å². The summed E-state index contributed by atoms with van der Waals surface area (Å²) < 4.78 is 29.4. The van der Waals surface area contributed by atoms with Gasteiger partial charge in [0.05, 0.1) is 24.4 Å². The molecule has 1 aliphatic carbocycles. The Morgan fingerprint density at radius 1 is 0.846 bits per heavy atom. The molecule has 3 aliphatic heterocycles. The molecule has 14 nitrogen and oxygen atoms in total. The third-order valence-corrected chi connectivity index (χ3v) is 14.5. The largest absolute Gasteiger partial charge is 0.460 e. The van der Waals surface area contributed by atoms with Gasteiger partial charge in [0.2, 0.25) is 5.79 Å². The Hall–Kier alpha value is -3.37. The summed E-state index contributed by atoms with van der Waals surface area (Å²) >= 11 is 0. The molecule has 0 spiro atoms. The summed E-state index contributed by atoms with van der Waals surface area (Å²) in [4.78, 5) is 71.8. The van der Waals surface area contributed by atoms with Crippen LogP contribution in [0.1, 0.15) is 126 Å². The fourth-order valence-electron chi connectivity index (χ4n) is 10.1. The Balaban J connectivity index is 1.70. The van der Waals surface area contributed by atoms with Crippen LogP contribution >= 0.6 is 0 Å². The predicted molar refractivity (Wildman–Crippen MR) is 245 cm³/mol. The summed E-state index contributed by atoms with van der Waals surface area (Å²) in [6.45, 7) is 12.7. The molecular formula is C51H79NO13. The molecule has 3 heterocycles. The number of Topliss-reactive ketones (excluding diaryl/α,β-unsaturated/α-hetero) is 3. The average molecular weight is 914 g/mol. The minimum Gasteiger partial charge on any atom is -0.460 e. The number of rotatable bonds is 6. The molecule has 0 aromatic heterocycles. The summed E-state index contributed by atoms with van der Waals surface area (Å²) in [7, 11) is 4.52. The summed E-state index contributed by atoms with van der Waals surface area (Å²) in [5.41, 5.74) is 1.27. The maximum atomic E-state index is 14.4. The van der Waals surface area contributed by atoms with E-state index in [0.29, 0.717) is 63.4 Å². The normalized spacial score (nSPS) is 40.4. The smallest absolute Gasteiger partial charge is 0.329 e. The Bertz CT molecular complexity index is 1760. The second-order valence-electron chi connectivity index (χ2n) is 19.6. The lowest BCUT2D eigenvalue weighted by atomic mass is 9.78. The van der Waals surface area contributed by atoms with Gasteiger partial charge in [-0.3, -0.25) is 19.2 Å². The van der Waals surface area contributed by atoms with Crippen molar-refractivity contribution in [2.45, 2.75) is 180 Å². The van der Waals surface area contributed by atoms with Gasteiger partial charge in [0.1, 0.15) is 30.1 Å². The molecule has 0 aromatic rings. The molecule has 15 atom stereocenters. The first-order valence-corrected chi connectivity index (χ1v) is 23.9. The Kier molecular flexibility index (Phi) is 21.0. The number of cyclic esters (lactones) is 1. The van der Waals surface area contributed by atoms with Crippen molar-refractivity contribution < 1.29 is 63.0 Å². The number of piperidine rings is 1. The van der Waals surface area contributed by atoms with Gasteiger partial charge in [-0.1, -0.05) is 71.1 Å². The first-order chi connectivity index (χ1) is 30.7. The highest BCUT2D eigenvalue weighted by atomic mass is 16.6. The zero-order valence-electron chi connectivity index (χ0n) is 40.6. The highest BCUT2D eigenvalue weighted by Crippen LogP contribution is 2.38. The number of carbonyl (C=O) groups is 5. The average Bonchev–Trinajstić information content (AvgIpc) is 3.28. The lowest BCUT2D eigenvalue weighted by molar-refractivity contribution is -0.265. The van der Waals surface area contributed by atoms with E-state index in [1.807, 2.05) is 58.1 Å². The summed E-state index contributed by atoms with van der Waals surface area (Å²) in [6, 6.07) is -1.14. The summed E-state index contributed by atoms with van der Waals surface area (Å²) in [5, 5.41) is 33.8. The number of aliphatic hydroxyl groups excluding tert-OH is 2. The Morgan fingerprint density at radius 3 is 2.25 bits per heavy atom. The first kappa shape index (κ1) is 54.2. The molecule has 14 heteroatoms. The fraction of sp³-hybridized carbons (Fsp3) is 0.745. The maximum Gasteiger partial charge on any atom is 0.329 e. The highest BCUT2D eigenvalue weighted by Gasteiger charge is 2.53. The van der Waals surface area contributed by atoms with Gasteiger partial charge in [-0.05, 0) is 107 Å². The quantitative estimate of drug-likeness (QED) is 0.156. The zero-order chi connectivity index (χ0) is 48.2. The molecule has 0 radical (unpaired) electrons. The topological polar surface area (TPSA) is 195 Å². The molecule has 2 unspecified atom stereocenters. The third-order valence-electron chi connectivity index (χ3n) is 14.5. The van der Waals surface area contributed by atoms with Gasteiger partial charge in [0, 0.05) is 58.5 Å². The van der Waals surface area contributed by atoms with E-state index in [4.69, 9.17) is 23.7 Å². The van der Waals surface area contributed by atoms with E-state index in [0.717, 1.165) is 12.0 Å². The maximum absolute atomic E-state index is 14.4. The number of ether oxygens (including phenoxy) is 5. The second kappa shape index (κ2) is 25.1. The van der Waals surface area contributed by atoms with Crippen molar-refractivity contribution in [3.05, 3.63) is 47.6 Å². The van der Waals surface area contributed by atoms with Crippen LogP contribution in [0, 0.1) is 35.5 Å². The molecule has 0 aromatic carbocycles. The monoisotopic (exact) mass is 914 g/mol. The zero-order valence-corrected chi connectivity index (χ0v) is 40.6. The van der Waals surface area contributed by atoms with Crippen molar-refractivity contribution in [3.8, 4) is 0 Å². The number of amides is 1. The number of fused-ring (bicyclic) bond motifs is 3. The van der Waals surface area contributed by atoms with Crippen LogP contribution in [0.2, 0.25) is 0 Å². The number of nitrogens with zero attached hydrogens (tertiary/aromatic N) is 1. The minimum absolute atomic E-state index is 0.0193. The summed E-state index contributed by atoms with van der Waals surface area (Å²) in [6.07, 6.45) is 11.2. The van der Waals surface area contributed by atoms with E-state index in [1.54, 1.807) is 41.1 Å². The third kappa shape index (κ3) is 14.3. The van der Waals surface area contributed by atoms with Gasteiger partial charge in [-0.15, -0.1) is 0 Å². The van der Waals surface area contributed by atoms with Crippen LogP contribution < -0.4 is 0 Å². The number of methoxy groups -OCH3 is 3. The fourth-order valence-corrected chi connectivity index (χ4v) is 10.1. The molecule has 1 saturated carbocycles. The molecule has 3 N–H and O–H groups in total. The number of hydrogen-bond donors (Lipinski definition) is 3. The number of ketones is 3. The van der Waals surface area contributed by atoms with E-state index >= 15 is 0 Å². The molecule has 366 valence electrons. The van der Waals surface area contributed by atoms with Crippen LogP contribution in [0.25, 0.3) is 0 Å². The van der Waals surface area contributed by atoms with Crippen molar-refractivity contribution in [1.82, 2.24) is 4.90 Å². The molecule has 1 amide bonds. The van der Waals surface area contributed by atoms with E-state index in [1.165, 1.54) is 12.0 Å². The lowest BCUT2D eigenvalue weighted by Crippen LogP contribution is -2.61. The Morgan fingerprint density at radius 2 is 1.57 bits per heavy atom. The van der Waals surface area contributed by atoms with E-state index in [-0.39, 0.29) is 54.8 Å². The highest BCUT2D eigenvalue weighted by molar-refractivity contribution is 6.39. The van der Waals surface area contributed by atoms with Crippen LogP contribution in [0.4, 0.5) is 0 Å². The lowest BCUT2D eigenvalue weighted by Gasteiger charge is -2.42. The van der Waals surface area contributed by atoms with Crippen molar-refractivity contribution in [1.29, 1.82) is 0 Å². The first-order valence-electron chi connectivity index (χ1n) is 23.9. The number of aliphatic hydroxyl groups is 3. The van der Waals surface area contributed by atoms with E-state index in [9.17, 15) is 39.3 Å². The second-order valence-corrected chi connectivity index (χ2v) is 19.6. The van der Waals surface area contributed by atoms with Crippen LogP contribution in [-0.4, -0.2) is 132 Å². The minimum atomic E-state index is -2.43. The van der Waals surface area contributed by atoms with E-state index < -0.39 is 83.9 Å². The van der Waals surface area contributed by atoms with Crippen molar-refractivity contribution in [2.24, 2.45) is 35.5 Å². The van der Waals surface area contributed by atoms with Crippen LogP contribution in [0.3, 0.4) is 0 Å². The van der Waals surface area contributed by atoms with E-state index in [2.05, 4.69) is 0 Å². The molecule has 4 aliphatic rings. The molecule has 4 rings (SSSR count). The SMILES string of the molecule is COC1C[C@@H]2CC[C@@H](C)[C@@](O)(O2)C(=O)C(=O)N2CCCC[C@H]2C(=O)O[C@H]([C@H](C)C[C@@H]2CC[C@@H](O)[C@H](OC)C2)CC(=O)[C@H](C)/C=C(\C)[C@@H](O)[C@@H](OC)C(=O)[C@H](C)CC(C)/C=C/C=C/C=C/1C. The molecule has 2 saturated heterocycles.